The molecule has 1 N–H and O–H groups in total. The zero-order valence-corrected chi connectivity index (χ0v) is 13.7. The average Bonchev–Trinajstić information content (AvgIpc) is 3.25. The Labute approximate surface area is 141 Å². The fourth-order valence-corrected chi connectivity index (χ4v) is 3.19. The van der Waals surface area contributed by atoms with Crippen molar-refractivity contribution in [3.8, 4) is 11.5 Å². The second-order valence-electron chi connectivity index (χ2n) is 6.10. The molecule has 0 spiro atoms. The zero-order chi connectivity index (χ0) is 16.4. The number of nitrogens with zero attached hydrogens (tertiary/aromatic N) is 4. The minimum absolute atomic E-state index is 0.246. The number of aryl methyl sites for hydroxylation is 1. The highest BCUT2D eigenvalue weighted by Crippen LogP contribution is 2.24. The Morgan fingerprint density at radius 1 is 1.29 bits per heavy atom. The van der Waals surface area contributed by atoms with E-state index in [2.05, 4.69) is 24.8 Å². The van der Waals surface area contributed by atoms with Crippen LogP contribution in [0.5, 0.6) is 0 Å². The third-order valence-corrected chi connectivity index (χ3v) is 4.45. The summed E-state index contributed by atoms with van der Waals surface area (Å²) >= 11 is 0. The molecule has 1 unspecified atom stereocenters. The van der Waals surface area contributed by atoms with Crippen molar-refractivity contribution < 1.29 is 4.42 Å². The summed E-state index contributed by atoms with van der Waals surface area (Å²) in [7, 11) is 2.04. The van der Waals surface area contributed by atoms with Crippen LogP contribution in [0.1, 0.15) is 17.6 Å². The van der Waals surface area contributed by atoms with Gasteiger partial charge in [-0.05, 0) is 12.1 Å². The Hall–Kier alpha value is -2.44. The van der Waals surface area contributed by atoms with Crippen molar-refractivity contribution in [3.63, 3.8) is 0 Å². The van der Waals surface area contributed by atoms with E-state index in [0.717, 1.165) is 43.3 Å². The number of hydrogen-bond acceptors (Lipinski definition) is 5. The van der Waals surface area contributed by atoms with Crippen molar-refractivity contribution >= 4 is 0 Å². The van der Waals surface area contributed by atoms with Gasteiger partial charge in [-0.3, -0.25) is 4.90 Å². The molecule has 4 rings (SSSR count). The first-order chi connectivity index (χ1) is 11.8. The molecule has 0 bridgehead atoms. The van der Waals surface area contributed by atoms with Gasteiger partial charge in [0, 0.05) is 51.2 Å². The lowest BCUT2D eigenvalue weighted by Gasteiger charge is -2.35. The number of piperazine rings is 1. The molecule has 1 fully saturated rings. The molecule has 6 nitrogen and oxygen atoms in total. The number of aromatic nitrogens is 3. The van der Waals surface area contributed by atoms with Crippen LogP contribution in [0.3, 0.4) is 0 Å². The molecule has 1 aliphatic rings. The summed E-state index contributed by atoms with van der Waals surface area (Å²) < 4.78 is 7.75. The molecule has 0 radical (unpaired) electrons. The standard InChI is InChI=1S/C18H21N5O/c1-22-9-8-20-17(22)16-11-19-7-10-23(16)12-15-13-24-18(21-15)14-5-3-2-4-6-14/h2-6,8-9,13,16,19H,7,10-12H2,1H3. The summed E-state index contributed by atoms with van der Waals surface area (Å²) in [5.41, 5.74) is 1.96. The molecular weight excluding hydrogens is 302 g/mol. The van der Waals surface area contributed by atoms with E-state index in [0.29, 0.717) is 5.89 Å². The van der Waals surface area contributed by atoms with Gasteiger partial charge in [-0.15, -0.1) is 0 Å². The summed E-state index contributed by atoms with van der Waals surface area (Å²) in [6.45, 7) is 3.60. The highest BCUT2D eigenvalue weighted by Gasteiger charge is 2.27. The van der Waals surface area contributed by atoms with Crippen LogP contribution in [0.2, 0.25) is 0 Å². The molecule has 3 heterocycles. The van der Waals surface area contributed by atoms with Gasteiger partial charge >= 0.3 is 0 Å². The van der Waals surface area contributed by atoms with Crippen LogP contribution < -0.4 is 5.32 Å². The lowest BCUT2D eigenvalue weighted by Crippen LogP contribution is -2.46. The molecule has 1 atom stereocenters. The quantitative estimate of drug-likeness (QED) is 0.798. The van der Waals surface area contributed by atoms with Gasteiger partial charge < -0.3 is 14.3 Å². The Morgan fingerprint density at radius 3 is 2.96 bits per heavy atom. The molecule has 6 heteroatoms. The molecule has 124 valence electrons. The third-order valence-electron chi connectivity index (χ3n) is 4.45. The molecule has 24 heavy (non-hydrogen) atoms. The van der Waals surface area contributed by atoms with Crippen LogP contribution in [0.15, 0.2) is 53.4 Å². The normalized spacial score (nSPS) is 18.8. The van der Waals surface area contributed by atoms with Gasteiger partial charge in [0.1, 0.15) is 12.1 Å². The number of rotatable bonds is 4. The van der Waals surface area contributed by atoms with E-state index in [4.69, 9.17) is 4.42 Å². The molecule has 0 amide bonds. The largest absolute Gasteiger partial charge is 0.444 e. The van der Waals surface area contributed by atoms with Gasteiger partial charge in [0.2, 0.25) is 5.89 Å². The maximum Gasteiger partial charge on any atom is 0.226 e. The van der Waals surface area contributed by atoms with E-state index in [9.17, 15) is 0 Å². The fourth-order valence-electron chi connectivity index (χ4n) is 3.19. The van der Waals surface area contributed by atoms with Gasteiger partial charge in [0.05, 0.1) is 11.7 Å². The monoisotopic (exact) mass is 323 g/mol. The smallest absolute Gasteiger partial charge is 0.226 e. The Balaban J connectivity index is 1.53. The summed E-state index contributed by atoms with van der Waals surface area (Å²) in [4.78, 5) is 11.6. The third kappa shape index (κ3) is 2.98. The van der Waals surface area contributed by atoms with Gasteiger partial charge in [-0.25, -0.2) is 9.97 Å². The first-order valence-electron chi connectivity index (χ1n) is 8.23. The molecule has 0 saturated carbocycles. The topological polar surface area (TPSA) is 59.1 Å². The van der Waals surface area contributed by atoms with Gasteiger partial charge in [0.15, 0.2) is 0 Å². The van der Waals surface area contributed by atoms with E-state index < -0.39 is 0 Å². The summed E-state index contributed by atoms with van der Waals surface area (Å²) in [5, 5.41) is 3.46. The van der Waals surface area contributed by atoms with Crippen molar-refractivity contribution in [2.24, 2.45) is 7.05 Å². The summed E-state index contributed by atoms with van der Waals surface area (Å²) in [6.07, 6.45) is 5.61. The Morgan fingerprint density at radius 2 is 2.17 bits per heavy atom. The van der Waals surface area contributed by atoms with Gasteiger partial charge in [0.25, 0.3) is 0 Å². The SMILES string of the molecule is Cn1ccnc1C1CNCCN1Cc1coc(-c2ccccc2)n1. The fraction of sp³-hybridized carbons (Fsp3) is 0.333. The van der Waals surface area contributed by atoms with E-state index in [1.165, 1.54) is 0 Å². The first kappa shape index (κ1) is 15.1. The molecule has 0 aliphatic carbocycles. The molecular formula is C18H21N5O. The highest BCUT2D eigenvalue weighted by molar-refractivity contribution is 5.52. The Bertz CT molecular complexity index is 795. The molecule has 2 aromatic heterocycles. The molecule has 1 aromatic carbocycles. The van der Waals surface area contributed by atoms with Crippen LogP contribution in [-0.2, 0) is 13.6 Å². The number of nitrogens with one attached hydrogen (secondary N) is 1. The van der Waals surface area contributed by atoms with Crippen LogP contribution in [0.25, 0.3) is 11.5 Å². The first-order valence-corrected chi connectivity index (χ1v) is 8.23. The van der Waals surface area contributed by atoms with Crippen molar-refractivity contribution in [3.05, 3.63) is 60.5 Å². The van der Waals surface area contributed by atoms with Crippen LogP contribution in [0, 0.1) is 0 Å². The summed E-state index contributed by atoms with van der Waals surface area (Å²) in [5.74, 6) is 1.75. The van der Waals surface area contributed by atoms with Crippen molar-refractivity contribution in [1.29, 1.82) is 0 Å². The maximum absolute atomic E-state index is 5.67. The molecule has 1 aliphatic heterocycles. The lowest BCUT2D eigenvalue weighted by molar-refractivity contribution is 0.143. The van der Waals surface area contributed by atoms with Gasteiger partial charge in [-0.2, -0.15) is 0 Å². The zero-order valence-electron chi connectivity index (χ0n) is 13.7. The van der Waals surface area contributed by atoms with E-state index in [1.807, 2.05) is 49.8 Å². The predicted octanol–water partition coefficient (Wildman–Crippen LogP) is 2.22. The second-order valence-corrected chi connectivity index (χ2v) is 6.10. The molecule has 1 saturated heterocycles. The average molecular weight is 323 g/mol. The summed E-state index contributed by atoms with van der Waals surface area (Å²) in [6, 6.07) is 10.2. The van der Waals surface area contributed by atoms with Crippen LogP contribution in [0.4, 0.5) is 0 Å². The van der Waals surface area contributed by atoms with Crippen molar-refractivity contribution in [2.45, 2.75) is 12.6 Å². The Kier molecular flexibility index (Phi) is 4.15. The van der Waals surface area contributed by atoms with Crippen molar-refractivity contribution in [2.75, 3.05) is 19.6 Å². The van der Waals surface area contributed by atoms with E-state index >= 15 is 0 Å². The second kappa shape index (κ2) is 6.59. The van der Waals surface area contributed by atoms with E-state index in [-0.39, 0.29) is 6.04 Å². The number of oxazole rings is 1. The number of benzene rings is 1. The van der Waals surface area contributed by atoms with Crippen LogP contribution in [-0.4, -0.2) is 39.1 Å². The maximum atomic E-state index is 5.67. The number of hydrogen-bond donors (Lipinski definition) is 1. The minimum Gasteiger partial charge on any atom is -0.444 e. The van der Waals surface area contributed by atoms with E-state index in [1.54, 1.807) is 6.26 Å². The predicted molar refractivity (Wildman–Crippen MR) is 91.2 cm³/mol. The lowest BCUT2D eigenvalue weighted by atomic mass is 10.1. The number of imidazole rings is 1. The molecule has 3 aromatic rings. The van der Waals surface area contributed by atoms with Gasteiger partial charge in [-0.1, -0.05) is 18.2 Å². The highest BCUT2D eigenvalue weighted by atomic mass is 16.3. The minimum atomic E-state index is 0.246. The van der Waals surface area contributed by atoms with Crippen molar-refractivity contribution in [1.82, 2.24) is 24.8 Å². The van der Waals surface area contributed by atoms with Crippen LogP contribution >= 0.6 is 0 Å².